The number of piperidine rings is 1. The minimum Gasteiger partial charge on any atom is -0.459 e. The van der Waals surface area contributed by atoms with Crippen molar-refractivity contribution in [1.29, 1.82) is 0 Å². The van der Waals surface area contributed by atoms with Gasteiger partial charge in [-0.1, -0.05) is 74.6 Å². The number of rotatable bonds is 7. The third-order valence-electron chi connectivity index (χ3n) is 7.80. The normalized spacial score (nSPS) is 18.8. The summed E-state index contributed by atoms with van der Waals surface area (Å²) in [4.78, 5) is 28.5. The molecular weight excluding hydrogens is 490 g/mol. The Kier molecular flexibility index (Phi) is 9.89. The molecule has 7 heteroatoms. The zero-order chi connectivity index (χ0) is 27.7. The summed E-state index contributed by atoms with van der Waals surface area (Å²) in [5.41, 5.74) is 1.50. The number of amides is 1. The maximum absolute atomic E-state index is 13.7. The van der Waals surface area contributed by atoms with E-state index in [4.69, 9.17) is 9.47 Å². The van der Waals surface area contributed by atoms with Crippen LogP contribution in [0.2, 0.25) is 0 Å². The van der Waals surface area contributed by atoms with Gasteiger partial charge in [-0.05, 0) is 64.2 Å². The van der Waals surface area contributed by atoms with Crippen molar-refractivity contribution in [3.8, 4) is 0 Å². The molecule has 2 aliphatic rings. The Morgan fingerprint density at radius 3 is 2.10 bits per heavy atom. The van der Waals surface area contributed by atoms with Gasteiger partial charge in [0.15, 0.2) is 0 Å². The van der Waals surface area contributed by atoms with Crippen molar-refractivity contribution >= 4 is 23.4 Å². The molecule has 39 heavy (non-hydrogen) atoms. The molecule has 1 saturated carbocycles. The van der Waals surface area contributed by atoms with E-state index in [9.17, 15) is 9.59 Å². The highest BCUT2D eigenvalue weighted by Crippen LogP contribution is 2.36. The SMILES string of the molecule is CC(C)(C)OC(=O)Nc1ccccc1NC1CCN(C2(C(=O)OCc3ccccc3)CCCCCCC2)CC1. The number of nitrogens with one attached hydrogen (secondary N) is 2. The summed E-state index contributed by atoms with van der Waals surface area (Å²) >= 11 is 0. The van der Waals surface area contributed by atoms with E-state index >= 15 is 0 Å². The van der Waals surface area contributed by atoms with Gasteiger partial charge in [0.2, 0.25) is 0 Å². The number of nitrogens with zero attached hydrogens (tertiary/aromatic N) is 1. The number of esters is 1. The van der Waals surface area contributed by atoms with Gasteiger partial charge in [0.1, 0.15) is 17.7 Å². The van der Waals surface area contributed by atoms with E-state index < -0.39 is 17.2 Å². The van der Waals surface area contributed by atoms with E-state index in [0.717, 1.165) is 62.9 Å². The number of hydrogen-bond acceptors (Lipinski definition) is 6. The van der Waals surface area contributed by atoms with Crippen LogP contribution in [0.5, 0.6) is 0 Å². The van der Waals surface area contributed by atoms with E-state index in [1.54, 1.807) is 0 Å². The number of benzene rings is 2. The average Bonchev–Trinajstić information content (AvgIpc) is 2.89. The molecule has 1 aliphatic carbocycles. The summed E-state index contributed by atoms with van der Waals surface area (Å²) < 4.78 is 11.4. The van der Waals surface area contributed by atoms with Crippen LogP contribution in [-0.4, -0.2) is 47.2 Å². The molecule has 2 aromatic rings. The first-order valence-electron chi connectivity index (χ1n) is 14.6. The van der Waals surface area contributed by atoms with Gasteiger partial charge in [0.25, 0.3) is 0 Å². The van der Waals surface area contributed by atoms with Crippen LogP contribution in [0.3, 0.4) is 0 Å². The molecule has 212 valence electrons. The monoisotopic (exact) mass is 535 g/mol. The second-order valence-corrected chi connectivity index (χ2v) is 11.9. The highest BCUT2D eigenvalue weighted by atomic mass is 16.6. The molecule has 0 bridgehead atoms. The number of likely N-dealkylation sites (tertiary alicyclic amines) is 1. The largest absolute Gasteiger partial charge is 0.459 e. The van der Waals surface area contributed by atoms with Crippen LogP contribution >= 0.6 is 0 Å². The highest BCUT2D eigenvalue weighted by molar-refractivity contribution is 5.89. The first-order valence-corrected chi connectivity index (χ1v) is 14.6. The van der Waals surface area contributed by atoms with Crippen molar-refractivity contribution in [2.75, 3.05) is 23.7 Å². The predicted octanol–water partition coefficient (Wildman–Crippen LogP) is 7.14. The van der Waals surface area contributed by atoms with Gasteiger partial charge >= 0.3 is 12.1 Å². The van der Waals surface area contributed by atoms with E-state index in [2.05, 4.69) is 15.5 Å². The summed E-state index contributed by atoms with van der Waals surface area (Å²) in [6, 6.07) is 17.9. The van der Waals surface area contributed by atoms with E-state index in [1.165, 1.54) is 19.3 Å². The molecule has 7 nitrogen and oxygen atoms in total. The summed E-state index contributed by atoms with van der Waals surface area (Å²) in [5, 5.41) is 6.52. The number of anilines is 2. The first-order chi connectivity index (χ1) is 18.7. The lowest BCUT2D eigenvalue weighted by atomic mass is 9.81. The molecule has 2 N–H and O–H groups in total. The van der Waals surface area contributed by atoms with Crippen LogP contribution in [-0.2, 0) is 20.9 Å². The Labute approximate surface area is 233 Å². The summed E-state index contributed by atoms with van der Waals surface area (Å²) in [5.74, 6) is -0.0634. The number of hydrogen-bond donors (Lipinski definition) is 2. The molecule has 4 rings (SSSR count). The van der Waals surface area contributed by atoms with Crippen molar-refractivity contribution in [2.45, 2.75) is 102 Å². The Morgan fingerprint density at radius 1 is 0.872 bits per heavy atom. The molecule has 0 atom stereocenters. The molecule has 2 fully saturated rings. The molecule has 1 amide bonds. The Morgan fingerprint density at radius 2 is 1.46 bits per heavy atom. The number of carbonyl (C=O) groups is 2. The fourth-order valence-electron chi connectivity index (χ4n) is 5.80. The maximum atomic E-state index is 13.7. The van der Waals surface area contributed by atoms with E-state index in [0.29, 0.717) is 12.3 Å². The van der Waals surface area contributed by atoms with Crippen molar-refractivity contribution in [3.05, 3.63) is 60.2 Å². The molecule has 0 unspecified atom stereocenters. The lowest BCUT2D eigenvalue weighted by Gasteiger charge is -2.46. The Hall–Kier alpha value is -3.06. The molecule has 2 aromatic carbocycles. The van der Waals surface area contributed by atoms with Crippen molar-refractivity contribution < 1.29 is 19.1 Å². The molecular formula is C32H45N3O4. The first kappa shape index (κ1) is 28.9. The van der Waals surface area contributed by atoms with Crippen LogP contribution in [0.4, 0.5) is 16.2 Å². The van der Waals surface area contributed by atoms with Crippen LogP contribution in [0.15, 0.2) is 54.6 Å². The number of carbonyl (C=O) groups excluding carboxylic acids is 2. The quantitative estimate of drug-likeness (QED) is 0.367. The van der Waals surface area contributed by atoms with Gasteiger partial charge in [-0.3, -0.25) is 15.0 Å². The molecule has 1 aliphatic heterocycles. The summed E-state index contributed by atoms with van der Waals surface area (Å²) in [6.07, 6.45) is 8.79. The fraction of sp³-hybridized carbons (Fsp3) is 0.562. The average molecular weight is 536 g/mol. The van der Waals surface area contributed by atoms with Crippen LogP contribution in [0.25, 0.3) is 0 Å². The zero-order valence-electron chi connectivity index (χ0n) is 23.8. The maximum Gasteiger partial charge on any atom is 0.412 e. The third kappa shape index (κ3) is 8.21. The topological polar surface area (TPSA) is 79.9 Å². The Bertz CT molecular complexity index is 1070. The lowest BCUT2D eigenvalue weighted by Crippen LogP contribution is -2.58. The van der Waals surface area contributed by atoms with Crippen molar-refractivity contribution in [2.24, 2.45) is 0 Å². The molecule has 0 radical (unpaired) electrons. The van der Waals surface area contributed by atoms with Crippen molar-refractivity contribution in [1.82, 2.24) is 4.90 Å². The molecule has 1 saturated heterocycles. The highest BCUT2D eigenvalue weighted by Gasteiger charge is 2.46. The van der Waals surface area contributed by atoms with E-state index in [1.807, 2.05) is 75.4 Å². The number of para-hydroxylation sites is 2. The second kappa shape index (κ2) is 13.3. The van der Waals surface area contributed by atoms with Gasteiger partial charge in [-0.15, -0.1) is 0 Å². The van der Waals surface area contributed by atoms with Crippen molar-refractivity contribution in [3.63, 3.8) is 0 Å². The van der Waals surface area contributed by atoms with Crippen LogP contribution in [0, 0.1) is 0 Å². The van der Waals surface area contributed by atoms with Crippen LogP contribution in [0.1, 0.15) is 84.1 Å². The minimum absolute atomic E-state index is 0.0634. The van der Waals surface area contributed by atoms with Gasteiger partial charge in [0.05, 0.1) is 11.4 Å². The van der Waals surface area contributed by atoms with Crippen LogP contribution < -0.4 is 10.6 Å². The third-order valence-corrected chi connectivity index (χ3v) is 7.80. The minimum atomic E-state index is -0.561. The zero-order valence-corrected chi connectivity index (χ0v) is 23.8. The molecule has 1 heterocycles. The van der Waals surface area contributed by atoms with Gasteiger partial charge in [0, 0.05) is 19.1 Å². The molecule has 0 spiro atoms. The van der Waals surface area contributed by atoms with Gasteiger partial charge in [-0.2, -0.15) is 0 Å². The number of ether oxygens (including phenoxy) is 2. The lowest BCUT2D eigenvalue weighted by molar-refractivity contribution is -0.163. The fourth-order valence-corrected chi connectivity index (χ4v) is 5.80. The van der Waals surface area contributed by atoms with Gasteiger partial charge < -0.3 is 14.8 Å². The summed E-state index contributed by atoms with van der Waals surface area (Å²) in [7, 11) is 0. The second-order valence-electron chi connectivity index (χ2n) is 11.9. The molecule has 0 aromatic heterocycles. The summed E-state index contributed by atoms with van der Waals surface area (Å²) in [6.45, 7) is 7.54. The van der Waals surface area contributed by atoms with E-state index in [-0.39, 0.29) is 12.0 Å². The van der Waals surface area contributed by atoms with Gasteiger partial charge in [-0.25, -0.2) is 4.79 Å². The standard InChI is InChI=1S/C32H45N3O4/c1-31(2,3)39-30(37)34-28-17-11-10-16-27(28)33-26-18-22-35(23-19-26)32(20-12-5-4-6-13-21-32)29(36)38-24-25-14-8-7-9-15-25/h7-11,14-17,26,33H,4-6,12-13,18-24H2,1-3H3,(H,34,37). The smallest absolute Gasteiger partial charge is 0.412 e. The Balaban J connectivity index is 1.40. The predicted molar refractivity (Wildman–Crippen MR) is 156 cm³/mol.